The summed E-state index contributed by atoms with van der Waals surface area (Å²) in [4.78, 5) is 23.2. The number of carbonyl (C=O) groups excluding carboxylic acids is 1. The first kappa shape index (κ1) is 13.3. The van der Waals surface area contributed by atoms with E-state index in [1.807, 2.05) is 6.08 Å². The lowest BCUT2D eigenvalue weighted by molar-refractivity contribution is -0.384. The number of nitro benzene ring substituents is 1. The molecule has 1 aromatic carbocycles. The van der Waals surface area contributed by atoms with E-state index in [4.69, 9.17) is 4.74 Å². The predicted octanol–water partition coefficient (Wildman–Crippen LogP) is 3.36. The van der Waals surface area contributed by atoms with Crippen LogP contribution < -0.4 is 10.1 Å². The van der Waals surface area contributed by atoms with Crippen molar-refractivity contribution in [1.29, 1.82) is 0 Å². The predicted molar refractivity (Wildman–Crippen MR) is 78.8 cm³/mol. The molecule has 6 nitrogen and oxygen atoms in total. The number of nitrogens with zero attached hydrogens (tertiary/aromatic N) is 1. The van der Waals surface area contributed by atoms with E-state index < -0.39 is 4.92 Å². The minimum Gasteiger partial charge on any atom is -0.464 e. The number of non-ortho nitro benzene ring substituents is 1. The second-order valence-electron chi connectivity index (χ2n) is 4.35. The summed E-state index contributed by atoms with van der Waals surface area (Å²) in [5.41, 5.74) is 0.323. The zero-order valence-corrected chi connectivity index (χ0v) is 11.6. The summed E-state index contributed by atoms with van der Waals surface area (Å²) >= 11 is 1.45. The van der Waals surface area contributed by atoms with E-state index in [1.54, 1.807) is 12.3 Å². The number of nitrogens with one attached hydrogen (secondary N) is 1. The van der Waals surface area contributed by atoms with Crippen LogP contribution in [0.1, 0.15) is 15.2 Å². The van der Waals surface area contributed by atoms with Crippen LogP contribution in [0, 0.1) is 10.1 Å². The number of nitro groups is 1. The van der Waals surface area contributed by atoms with Crippen molar-refractivity contribution < 1.29 is 14.5 Å². The van der Waals surface area contributed by atoms with Gasteiger partial charge in [0.05, 0.1) is 21.1 Å². The van der Waals surface area contributed by atoms with Crippen molar-refractivity contribution in [3.63, 3.8) is 0 Å². The average Bonchev–Trinajstić information content (AvgIpc) is 2.89. The van der Waals surface area contributed by atoms with Crippen LogP contribution in [0.15, 0.2) is 42.7 Å². The summed E-state index contributed by atoms with van der Waals surface area (Å²) < 4.78 is 5.34. The number of amides is 1. The Balaban J connectivity index is 1.74. The normalized spacial score (nSPS) is 12.4. The molecule has 1 N–H and O–H groups in total. The van der Waals surface area contributed by atoms with Gasteiger partial charge in [-0.25, -0.2) is 0 Å². The number of rotatable bonds is 3. The van der Waals surface area contributed by atoms with Crippen LogP contribution in [0.25, 0.3) is 0 Å². The van der Waals surface area contributed by atoms with Gasteiger partial charge in [-0.05, 0) is 18.2 Å². The summed E-state index contributed by atoms with van der Waals surface area (Å²) in [6.45, 7) is 0. The van der Waals surface area contributed by atoms with Crippen molar-refractivity contribution >= 4 is 27.9 Å². The maximum absolute atomic E-state index is 12.1. The lowest BCUT2D eigenvalue weighted by atomic mass is 10.2. The molecule has 21 heavy (non-hydrogen) atoms. The quantitative estimate of drug-likeness (QED) is 0.696. The molecule has 0 radical (unpaired) electrons. The molecule has 0 unspecified atom stereocenters. The Morgan fingerprint density at radius 1 is 1.33 bits per heavy atom. The number of thiophene rings is 1. The van der Waals surface area contributed by atoms with Gasteiger partial charge in [0.15, 0.2) is 0 Å². The molecule has 7 heteroatoms. The molecule has 106 valence electrons. The molecule has 0 spiro atoms. The molecular weight excluding hydrogens is 292 g/mol. The first-order valence-corrected chi connectivity index (χ1v) is 6.95. The third-order valence-corrected chi connectivity index (χ3v) is 4.00. The fraction of sp³-hybridized carbons (Fsp3) is 0.0714. The topological polar surface area (TPSA) is 81.5 Å². The van der Waals surface area contributed by atoms with Gasteiger partial charge < -0.3 is 10.1 Å². The highest BCUT2D eigenvalue weighted by Gasteiger charge is 2.15. The third kappa shape index (κ3) is 2.77. The Hall–Kier alpha value is -2.67. The van der Waals surface area contributed by atoms with Crippen LogP contribution in [0.3, 0.4) is 0 Å². The summed E-state index contributed by atoms with van der Waals surface area (Å²) in [5.74, 6) is 0.443. The number of ether oxygens (including phenoxy) is 1. The van der Waals surface area contributed by atoms with Gasteiger partial charge in [-0.15, -0.1) is 11.3 Å². The van der Waals surface area contributed by atoms with Crippen molar-refractivity contribution in [3.05, 3.63) is 63.2 Å². The number of anilines is 1. The van der Waals surface area contributed by atoms with E-state index in [9.17, 15) is 14.9 Å². The number of carbonyl (C=O) groups is 1. The van der Waals surface area contributed by atoms with Crippen molar-refractivity contribution in [2.24, 2.45) is 0 Å². The highest BCUT2D eigenvalue weighted by molar-refractivity contribution is 7.16. The Kier molecular flexibility index (Phi) is 3.41. The molecule has 1 aromatic heterocycles. The standard InChI is InChI=1S/C14H10N2O4S/c17-14(9-3-5-10(6-4-9)16(18)19)15-13-8-11-12(21-13)2-1-7-20-11/h1,3-8H,2H2,(H,15,17). The van der Waals surface area contributed by atoms with Gasteiger partial charge in [-0.2, -0.15) is 0 Å². The SMILES string of the molecule is O=C(Nc1cc2c(s1)CC=CO2)c1ccc([N+](=O)[O-])cc1. The van der Waals surface area contributed by atoms with Gasteiger partial charge in [0.25, 0.3) is 11.6 Å². The van der Waals surface area contributed by atoms with E-state index in [0.29, 0.717) is 10.6 Å². The van der Waals surface area contributed by atoms with Gasteiger partial charge >= 0.3 is 0 Å². The second-order valence-corrected chi connectivity index (χ2v) is 5.49. The van der Waals surface area contributed by atoms with Gasteiger partial charge in [-0.1, -0.05) is 0 Å². The Morgan fingerprint density at radius 2 is 2.10 bits per heavy atom. The van der Waals surface area contributed by atoms with Crippen LogP contribution in [0.2, 0.25) is 0 Å². The van der Waals surface area contributed by atoms with Crippen LogP contribution in [0.4, 0.5) is 10.7 Å². The highest BCUT2D eigenvalue weighted by atomic mass is 32.1. The molecule has 0 atom stereocenters. The Morgan fingerprint density at radius 3 is 2.76 bits per heavy atom. The first-order valence-electron chi connectivity index (χ1n) is 6.13. The van der Waals surface area contributed by atoms with E-state index in [2.05, 4.69) is 5.32 Å². The number of allylic oxidation sites excluding steroid dienone is 1. The Labute approximate surface area is 123 Å². The molecule has 0 saturated carbocycles. The van der Waals surface area contributed by atoms with E-state index in [-0.39, 0.29) is 11.6 Å². The molecule has 0 aliphatic carbocycles. The molecule has 2 aromatic rings. The molecule has 2 heterocycles. The lowest BCUT2D eigenvalue weighted by Gasteiger charge is -2.03. The second kappa shape index (κ2) is 5.37. The van der Waals surface area contributed by atoms with Gasteiger partial charge in [0.1, 0.15) is 5.75 Å². The van der Waals surface area contributed by atoms with E-state index in [1.165, 1.54) is 35.6 Å². The third-order valence-electron chi connectivity index (χ3n) is 2.94. The highest BCUT2D eigenvalue weighted by Crippen LogP contribution is 2.36. The molecule has 1 aliphatic rings. The summed E-state index contributed by atoms with van der Waals surface area (Å²) in [6, 6.07) is 7.24. The summed E-state index contributed by atoms with van der Waals surface area (Å²) in [6.07, 6.45) is 4.31. The zero-order chi connectivity index (χ0) is 14.8. The molecule has 3 rings (SSSR count). The number of fused-ring (bicyclic) bond motifs is 1. The smallest absolute Gasteiger partial charge is 0.269 e. The van der Waals surface area contributed by atoms with E-state index in [0.717, 1.165) is 17.0 Å². The van der Waals surface area contributed by atoms with Crippen molar-refractivity contribution in [1.82, 2.24) is 0 Å². The Bertz CT molecular complexity index is 708. The molecule has 1 aliphatic heterocycles. The molecule has 0 fully saturated rings. The van der Waals surface area contributed by atoms with Crippen molar-refractivity contribution in [2.75, 3.05) is 5.32 Å². The van der Waals surface area contributed by atoms with Crippen LogP contribution in [0.5, 0.6) is 5.75 Å². The summed E-state index contributed by atoms with van der Waals surface area (Å²) in [5, 5.41) is 14.0. The average molecular weight is 302 g/mol. The molecule has 0 saturated heterocycles. The summed E-state index contributed by atoms with van der Waals surface area (Å²) in [7, 11) is 0. The maximum atomic E-state index is 12.1. The molecule has 1 amide bonds. The lowest BCUT2D eigenvalue weighted by Crippen LogP contribution is -2.10. The largest absolute Gasteiger partial charge is 0.464 e. The molecular formula is C14H10N2O4S. The maximum Gasteiger partial charge on any atom is 0.269 e. The zero-order valence-electron chi connectivity index (χ0n) is 10.7. The van der Waals surface area contributed by atoms with Crippen LogP contribution >= 0.6 is 11.3 Å². The van der Waals surface area contributed by atoms with Gasteiger partial charge in [0, 0.05) is 30.2 Å². The fourth-order valence-corrected chi connectivity index (χ4v) is 2.87. The molecule has 0 bridgehead atoms. The minimum absolute atomic E-state index is 0.0439. The van der Waals surface area contributed by atoms with Crippen LogP contribution in [-0.2, 0) is 6.42 Å². The van der Waals surface area contributed by atoms with E-state index >= 15 is 0 Å². The first-order chi connectivity index (χ1) is 10.1. The van der Waals surface area contributed by atoms with Crippen molar-refractivity contribution in [2.45, 2.75) is 6.42 Å². The minimum atomic E-state index is -0.501. The van der Waals surface area contributed by atoms with Gasteiger partial charge in [-0.3, -0.25) is 14.9 Å². The van der Waals surface area contributed by atoms with Gasteiger partial charge in [0.2, 0.25) is 0 Å². The number of hydrogen-bond acceptors (Lipinski definition) is 5. The van der Waals surface area contributed by atoms with Crippen LogP contribution in [-0.4, -0.2) is 10.8 Å². The number of hydrogen-bond donors (Lipinski definition) is 1. The monoisotopic (exact) mass is 302 g/mol. The van der Waals surface area contributed by atoms with Crippen molar-refractivity contribution in [3.8, 4) is 5.75 Å². The fourth-order valence-electron chi connectivity index (χ4n) is 1.91. The number of benzene rings is 1.